The molecule has 2 rings (SSSR count). The number of carbonyl (C=O) groups excluding carboxylic acids is 3. The van der Waals surface area contributed by atoms with Gasteiger partial charge in [0.25, 0.3) is 0 Å². The van der Waals surface area contributed by atoms with E-state index in [0.29, 0.717) is 4.90 Å². The third-order valence-corrected chi connectivity index (χ3v) is 5.43. The van der Waals surface area contributed by atoms with Gasteiger partial charge in [-0.2, -0.15) is 0 Å². The zero-order valence-electron chi connectivity index (χ0n) is 16.7. The van der Waals surface area contributed by atoms with Crippen LogP contribution in [-0.2, 0) is 33.3 Å². The lowest BCUT2D eigenvalue weighted by molar-refractivity contribution is -0.201. The average molecular weight is 476 g/mol. The van der Waals surface area contributed by atoms with Crippen LogP contribution in [0.25, 0.3) is 10.4 Å². The molecule has 0 N–H and O–H groups in total. The van der Waals surface area contributed by atoms with Crippen molar-refractivity contribution < 1.29 is 37.7 Å². The van der Waals surface area contributed by atoms with E-state index in [1.807, 2.05) is 0 Å². The lowest BCUT2D eigenvalue weighted by Gasteiger charge is -2.43. The van der Waals surface area contributed by atoms with Crippen LogP contribution in [0, 0.1) is 5.82 Å². The van der Waals surface area contributed by atoms with Crippen LogP contribution in [0.15, 0.2) is 28.2 Å². The molecule has 2 unspecified atom stereocenters. The van der Waals surface area contributed by atoms with Crippen molar-refractivity contribution in [2.45, 2.75) is 55.5 Å². The molecule has 0 radical (unpaired) electrons. The number of thioether (sulfide) groups is 1. The summed E-state index contributed by atoms with van der Waals surface area (Å²) in [6, 6.07) is 2.73. The van der Waals surface area contributed by atoms with Crippen molar-refractivity contribution in [3.05, 3.63) is 39.5 Å². The predicted octanol–water partition coefficient (Wildman–Crippen LogP) is 3.40. The highest BCUT2D eigenvalue weighted by atomic mass is 35.5. The Hall–Kier alpha value is -2.53. The second-order valence-corrected chi connectivity index (χ2v) is 7.96. The second kappa shape index (κ2) is 11.2. The zero-order valence-corrected chi connectivity index (χ0v) is 18.3. The molecule has 1 aliphatic rings. The lowest BCUT2D eigenvalue weighted by atomic mass is 9.97. The van der Waals surface area contributed by atoms with E-state index < -0.39 is 53.5 Å². The fourth-order valence-electron chi connectivity index (χ4n) is 2.85. The molecule has 10 nitrogen and oxygen atoms in total. The number of azide groups is 1. The molecule has 1 fully saturated rings. The summed E-state index contributed by atoms with van der Waals surface area (Å²) in [6.45, 7) is 3.15. The van der Waals surface area contributed by atoms with Crippen molar-refractivity contribution in [1.82, 2.24) is 0 Å². The Bertz CT molecular complexity index is 899. The average Bonchev–Trinajstić information content (AvgIpc) is 2.67. The van der Waals surface area contributed by atoms with Gasteiger partial charge >= 0.3 is 17.9 Å². The van der Waals surface area contributed by atoms with E-state index in [0.717, 1.165) is 31.7 Å². The standard InChI is InChI=1S/C18H19ClFN3O7S/c1-8(24)27-7-14-16(28-9(2)25)15(22-23-21)17(29-10(3)26)18(30-14)31-11-4-5-13(20)12(19)6-11/h4-6,14-18H,7H2,1-3H3/t14?,15-,16-,17?,18+/m0/s1. The van der Waals surface area contributed by atoms with Crippen molar-refractivity contribution >= 4 is 41.3 Å². The maximum Gasteiger partial charge on any atom is 0.303 e. The van der Waals surface area contributed by atoms with Crippen LogP contribution in [0.1, 0.15) is 20.8 Å². The summed E-state index contributed by atoms with van der Waals surface area (Å²) in [4.78, 5) is 37.9. The summed E-state index contributed by atoms with van der Waals surface area (Å²) in [6.07, 6.45) is -3.42. The SMILES string of the molecule is CC(=O)OCC1O[C@H](Sc2ccc(F)c(Cl)c2)C(OC(C)=O)[C@@H](N=[N+]=[N-])[C@H]1OC(C)=O. The molecule has 1 aromatic rings. The molecule has 1 aromatic carbocycles. The minimum absolute atomic E-state index is 0.134. The molecule has 0 bridgehead atoms. The molecule has 1 heterocycles. The first-order valence-electron chi connectivity index (χ1n) is 8.91. The van der Waals surface area contributed by atoms with Gasteiger partial charge < -0.3 is 18.9 Å². The number of ether oxygens (including phenoxy) is 4. The Morgan fingerprint density at radius 3 is 2.39 bits per heavy atom. The molecule has 31 heavy (non-hydrogen) atoms. The number of nitrogens with zero attached hydrogens (tertiary/aromatic N) is 3. The number of hydrogen-bond acceptors (Lipinski definition) is 9. The van der Waals surface area contributed by atoms with Gasteiger partial charge in [0.1, 0.15) is 42.2 Å². The quantitative estimate of drug-likeness (QED) is 0.192. The monoisotopic (exact) mass is 475 g/mol. The van der Waals surface area contributed by atoms with Crippen molar-refractivity contribution in [1.29, 1.82) is 0 Å². The molecule has 0 aliphatic carbocycles. The van der Waals surface area contributed by atoms with Gasteiger partial charge in [0, 0.05) is 30.6 Å². The Morgan fingerprint density at radius 1 is 1.19 bits per heavy atom. The normalized spacial score (nSPS) is 25.1. The summed E-state index contributed by atoms with van der Waals surface area (Å²) >= 11 is 6.84. The molecular weight excluding hydrogens is 457 g/mol. The number of rotatable bonds is 7. The molecule has 0 spiro atoms. The maximum absolute atomic E-state index is 13.5. The minimum atomic E-state index is -1.20. The fourth-order valence-corrected chi connectivity index (χ4v) is 4.25. The van der Waals surface area contributed by atoms with Crippen LogP contribution < -0.4 is 0 Å². The molecule has 1 saturated heterocycles. The summed E-state index contributed by atoms with van der Waals surface area (Å²) in [5.74, 6) is -2.64. The van der Waals surface area contributed by atoms with Crippen molar-refractivity contribution in [3.8, 4) is 0 Å². The number of carbonyl (C=O) groups is 3. The van der Waals surface area contributed by atoms with E-state index in [1.54, 1.807) is 0 Å². The Labute approximate surface area is 185 Å². The summed E-state index contributed by atoms with van der Waals surface area (Å²) < 4.78 is 35.0. The fraction of sp³-hybridized carbons (Fsp3) is 0.500. The van der Waals surface area contributed by atoms with E-state index in [1.165, 1.54) is 19.1 Å². The predicted molar refractivity (Wildman–Crippen MR) is 107 cm³/mol. The third kappa shape index (κ3) is 7.00. The molecule has 0 saturated carbocycles. The van der Waals surface area contributed by atoms with Crippen LogP contribution in [0.5, 0.6) is 0 Å². The molecular formula is C18H19ClFN3O7S. The molecule has 5 atom stereocenters. The number of halogens is 2. The van der Waals surface area contributed by atoms with Gasteiger partial charge in [-0.3, -0.25) is 14.4 Å². The van der Waals surface area contributed by atoms with E-state index in [2.05, 4.69) is 10.0 Å². The molecule has 0 aromatic heterocycles. The zero-order chi connectivity index (χ0) is 23.1. The van der Waals surface area contributed by atoms with Crippen LogP contribution in [-0.4, -0.2) is 54.3 Å². The van der Waals surface area contributed by atoms with E-state index in [4.69, 9.17) is 36.1 Å². The summed E-state index contributed by atoms with van der Waals surface area (Å²) in [5.41, 5.74) is 8.06. The van der Waals surface area contributed by atoms with E-state index >= 15 is 0 Å². The topological polar surface area (TPSA) is 137 Å². The van der Waals surface area contributed by atoms with E-state index in [9.17, 15) is 18.8 Å². The third-order valence-electron chi connectivity index (χ3n) is 4.00. The van der Waals surface area contributed by atoms with Crippen molar-refractivity contribution in [2.75, 3.05) is 6.61 Å². The van der Waals surface area contributed by atoms with Crippen molar-refractivity contribution in [2.24, 2.45) is 5.11 Å². The van der Waals surface area contributed by atoms with Gasteiger partial charge in [0.15, 0.2) is 0 Å². The van der Waals surface area contributed by atoms with Crippen LogP contribution in [0.2, 0.25) is 5.02 Å². The van der Waals surface area contributed by atoms with Gasteiger partial charge in [-0.1, -0.05) is 28.5 Å². The molecule has 1 aliphatic heterocycles. The van der Waals surface area contributed by atoms with Gasteiger partial charge in [0.2, 0.25) is 0 Å². The van der Waals surface area contributed by atoms with Crippen LogP contribution >= 0.6 is 23.4 Å². The number of esters is 3. The molecule has 0 amide bonds. The highest BCUT2D eigenvalue weighted by Gasteiger charge is 2.50. The smallest absolute Gasteiger partial charge is 0.303 e. The summed E-state index contributed by atoms with van der Waals surface area (Å²) in [7, 11) is 0. The van der Waals surface area contributed by atoms with Gasteiger partial charge in [-0.15, -0.1) is 0 Å². The Balaban J connectivity index is 2.44. The molecule has 13 heteroatoms. The lowest BCUT2D eigenvalue weighted by Crippen LogP contribution is -2.59. The van der Waals surface area contributed by atoms with Crippen LogP contribution in [0.3, 0.4) is 0 Å². The maximum atomic E-state index is 13.5. The van der Waals surface area contributed by atoms with E-state index in [-0.39, 0.29) is 11.6 Å². The first-order valence-corrected chi connectivity index (χ1v) is 10.2. The largest absolute Gasteiger partial charge is 0.463 e. The number of hydrogen-bond donors (Lipinski definition) is 0. The van der Waals surface area contributed by atoms with Crippen LogP contribution in [0.4, 0.5) is 4.39 Å². The van der Waals surface area contributed by atoms with Gasteiger partial charge in [-0.05, 0) is 23.7 Å². The Morgan fingerprint density at radius 2 is 1.84 bits per heavy atom. The highest BCUT2D eigenvalue weighted by Crippen LogP contribution is 2.38. The number of benzene rings is 1. The minimum Gasteiger partial charge on any atom is -0.463 e. The molecule has 168 valence electrons. The summed E-state index contributed by atoms with van der Waals surface area (Å²) in [5, 5.41) is 3.53. The Kier molecular flexibility index (Phi) is 8.93. The first kappa shape index (κ1) is 24.7. The highest BCUT2D eigenvalue weighted by molar-refractivity contribution is 7.99. The van der Waals surface area contributed by atoms with Gasteiger partial charge in [-0.25, -0.2) is 4.39 Å². The van der Waals surface area contributed by atoms with Crippen molar-refractivity contribution in [3.63, 3.8) is 0 Å². The first-order chi connectivity index (χ1) is 14.6. The van der Waals surface area contributed by atoms with Gasteiger partial charge in [0.05, 0.1) is 5.02 Å². The second-order valence-electron chi connectivity index (χ2n) is 6.38.